The summed E-state index contributed by atoms with van der Waals surface area (Å²) in [6, 6.07) is 9.88. The Morgan fingerprint density at radius 2 is 2.16 bits per heavy atom. The highest BCUT2D eigenvalue weighted by Gasteiger charge is 2.59. The molecule has 0 saturated carbocycles. The van der Waals surface area contributed by atoms with Gasteiger partial charge in [0.15, 0.2) is 0 Å². The molecule has 5 heteroatoms. The molecule has 3 rings (SSSR count). The molecule has 0 radical (unpaired) electrons. The maximum Gasteiger partial charge on any atom is 0.321 e. The topological polar surface area (TPSA) is 57.6 Å². The predicted octanol–water partition coefficient (Wildman–Crippen LogP) is 1.60. The van der Waals surface area contributed by atoms with Crippen molar-refractivity contribution >= 4 is 23.6 Å². The van der Waals surface area contributed by atoms with Gasteiger partial charge >= 0.3 is 5.97 Å². The Hall–Kier alpha value is -1.49. The van der Waals surface area contributed by atoms with Crippen molar-refractivity contribution in [2.24, 2.45) is 5.92 Å². The molecule has 0 aliphatic carbocycles. The number of carboxylic acid groups (broad SMARTS) is 1. The van der Waals surface area contributed by atoms with Crippen LogP contribution in [0.25, 0.3) is 0 Å². The monoisotopic (exact) mass is 277 g/mol. The first-order valence-electron chi connectivity index (χ1n) is 6.27. The number of rotatable bonds is 3. The van der Waals surface area contributed by atoms with E-state index in [2.05, 4.69) is 0 Å². The van der Waals surface area contributed by atoms with E-state index in [0.717, 1.165) is 5.56 Å². The zero-order valence-electron chi connectivity index (χ0n) is 10.6. The second kappa shape index (κ2) is 4.27. The molecule has 0 bridgehead atoms. The first-order valence-corrected chi connectivity index (χ1v) is 7.15. The third-order valence-corrected chi connectivity index (χ3v) is 5.50. The van der Waals surface area contributed by atoms with E-state index in [1.54, 1.807) is 11.8 Å². The fourth-order valence-corrected chi connectivity index (χ4v) is 4.24. The molecule has 1 amide bonds. The minimum atomic E-state index is -0.855. The number of hydrogen-bond acceptors (Lipinski definition) is 3. The Morgan fingerprint density at radius 1 is 1.47 bits per heavy atom. The van der Waals surface area contributed by atoms with Crippen molar-refractivity contribution in [2.45, 2.75) is 23.5 Å². The number of benzene rings is 1. The standard InChI is InChI=1S/C14H15NO3S/c1-14(13(17)18)8-15-11(16)10(12(15)19-14)7-9-5-3-2-4-6-9/h2-6,10,12H,7-8H2,1H3,(H,17,18)/t10?,12-,14?/m1/s1. The fourth-order valence-electron chi connectivity index (χ4n) is 2.71. The summed E-state index contributed by atoms with van der Waals surface area (Å²) in [5, 5.41) is 9.26. The van der Waals surface area contributed by atoms with Gasteiger partial charge in [-0.1, -0.05) is 30.3 Å². The highest BCUT2D eigenvalue weighted by Crippen LogP contribution is 2.50. The quantitative estimate of drug-likeness (QED) is 0.853. The highest BCUT2D eigenvalue weighted by molar-refractivity contribution is 8.02. The van der Waals surface area contributed by atoms with Gasteiger partial charge in [-0.05, 0) is 18.9 Å². The molecule has 2 unspecified atom stereocenters. The number of aliphatic carboxylic acids is 1. The number of nitrogens with zero attached hydrogens (tertiary/aromatic N) is 1. The van der Waals surface area contributed by atoms with Gasteiger partial charge in [0.2, 0.25) is 5.91 Å². The number of amides is 1. The van der Waals surface area contributed by atoms with E-state index in [1.165, 1.54) is 11.8 Å². The van der Waals surface area contributed by atoms with Crippen LogP contribution in [0.4, 0.5) is 0 Å². The summed E-state index contributed by atoms with van der Waals surface area (Å²) in [5.74, 6) is -0.821. The van der Waals surface area contributed by atoms with E-state index in [4.69, 9.17) is 0 Å². The second-order valence-electron chi connectivity index (χ2n) is 5.31. The van der Waals surface area contributed by atoms with E-state index >= 15 is 0 Å². The van der Waals surface area contributed by atoms with Crippen LogP contribution in [0, 0.1) is 5.92 Å². The van der Waals surface area contributed by atoms with Crippen molar-refractivity contribution in [1.29, 1.82) is 0 Å². The molecule has 0 aromatic heterocycles. The SMILES string of the molecule is CC1(C(=O)O)CN2C(=O)C(Cc3ccccc3)[C@H]2S1. The molecule has 2 saturated heterocycles. The Balaban J connectivity index is 1.74. The lowest BCUT2D eigenvalue weighted by Gasteiger charge is -2.41. The van der Waals surface area contributed by atoms with Crippen LogP contribution in [-0.4, -0.2) is 38.5 Å². The minimum Gasteiger partial charge on any atom is -0.480 e. The van der Waals surface area contributed by atoms with E-state index in [-0.39, 0.29) is 17.2 Å². The first kappa shape index (κ1) is 12.5. The van der Waals surface area contributed by atoms with Crippen LogP contribution in [0.15, 0.2) is 30.3 Å². The number of thioether (sulfide) groups is 1. The molecule has 1 N–H and O–H groups in total. The molecule has 4 nitrogen and oxygen atoms in total. The summed E-state index contributed by atoms with van der Waals surface area (Å²) in [6.07, 6.45) is 0.698. The van der Waals surface area contributed by atoms with Crippen LogP contribution in [0.2, 0.25) is 0 Å². The Kier molecular flexibility index (Phi) is 2.82. The normalized spacial score (nSPS) is 32.9. The lowest BCUT2D eigenvalue weighted by atomic mass is 9.90. The average Bonchev–Trinajstić information content (AvgIpc) is 2.73. The molecule has 1 aromatic carbocycles. The van der Waals surface area contributed by atoms with E-state index in [0.29, 0.717) is 13.0 Å². The lowest BCUT2D eigenvalue weighted by molar-refractivity contribution is -0.150. The van der Waals surface area contributed by atoms with Gasteiger partial charge in [-0.15, -0.1) is 11.8 Å². The van der Waals surface area contributed by atoms with Crippen LogP contribution in [0.3, 0.4) is 0 Å². The molecule has 2 aliphatic rings. The van der Waals surface area contributed by atoms with Gasteiger partial charge < -0.3 is 10.0 Å². The number of hydrogen-bond donors (Lipinski definition) is 1. The van der Waals surface area contributed by atoms with Crippen molar-refractivity contribution in [1.82, 2.24) is 4.90 Å². The fraction of sp³-hybridized carbons (Fsp3) is 0.429. The van der Waals surface area contributed by atoms with Crippen molar-refractivity contribution in [3.63, 3.8) is 0 Å². The summed E-state index contributed by atoms with van der Waals surface area (Å²) in [7, 11) is 0. The lowest BCUT2D eigenvalue weighted by Crippen LogP contribution is -2.57. The Bertz CT molecular complexity index is 533. The van der Waals surface area contributed by atoms with Crippen molar-refractivity contribution in [3.05, 3.63) is 35.9 Å². The van der Waals surface area contributed by atoms with Gasteiger partial charge in [0.05, 0.1) is 11.3 Å². The number of β-lactam (4-membered cyclic amide) rings is 1. The van der Waals surface area contributed by atoms with Gasteiger partial charge in [0, 0.05) is 6.54 Å². The molecule has 1 aromatic rings. The molecule has 100 valence electrons. The van der Waals surface area contributed by atoms with E-state index in [1.807, 2.05) is 30.3 Å². The van der Waals surface area contributed by atoms with E-state index in [9.17, 15) is 14.7 Å². The number of fused-ring (bicyclic) bond motifs is 1. The molecular formula is C14H15NO3S. The number of carbonyl (C=O) groups is 2. The van der Waals surface area contributed by atoms with Gasteiger partial charge in [-0.3, -0.25) is 9.59 Å². The third-order valence-electron chi connectivity index (χ3n) is 3.86. The molecule has 3 atom stereocenters. The smallest absolute Gasteiger partial charge is 0.321 e. The van der Waals surface area contributed by atoms with Gasteiger partial charge in [-0.2, -0.15) is 0 Å². The van der Waals surface area contributed by atoms with Crippen LogP contribution in [0.5, 0.6) is 0 Å². The molecule has 2 heterocycles. The maximum absolute atomic E-state index is 12.1. The molecule has 19 heavy (non-hydrogen) atoms. The number of carboxylic acids is 1. The minimum absolute atomic E-state index is 0.0220. The van der Waals surface area contributed by atoms with Crippen LogP contribution in [0.1, 0.15) is 12.5 Å². The summed E-state index contributed by atoms with van der Waals surface area (Å²) in [5.41, 5.74) is 1.13. The summed E-state index contributed by atoms with van der Waals surface area (Å²) < 4.78 is -0.855. The van der Waals surface area contributed by atoms with Gasteiger partial charge in [0.1, 0.15) is 4.75 Å². The van der Waals surface area contributed by atoms with Crippen molar-refractivity contribution in [2.75, 3.05) is 6.54 Å². The maximum atomic E-state index is 12.1. The Morgan fingerprint density at radius 3 is 2.79 bits per heavy atom. The summed E-state index contributed by atoms with van der Waals surface area (Å²) >= 11 is 1.41. The molecule has 2 fully saturated rings. The predicted molar refractivity (Wildman–Crippen MR) is 72.8 cm³/mol. The molecular weight excluding hydrogens is 262 g/mol. The second-order valence-corrected chi connectivity index (χ2v) is 6.93. The summed E-state index contributed by atoms with van der Waals surface area (Å²) in [6.45, 7) is 2.02. The zero-order chi connectivity index (χ0) is 13.6. The number of carbonyl (C=O) groups excluding carboxylic acids is 1. The van der Waals surface area contributed by atoms with Crippen LogP contribution >= 0.6 is 11.8 Å². The highest BCUT2D eigenvalue weighted by atomic mass is 32.2. The Labute approximate surface area is 115 Å². The first-order chi connectivity index (χ1) is 9.01. The van der Waals surface area contributed by atoms with Gasteiger partial charge in [0.25, 0.3) is 0 Å². The largest absolute Gasteiger partial charge is 0.480 e. The van der Waals surface area contributed by atoms with Crippen LogP contribution < -0.4 is 0 Å². The third kappa shape index (κ3) is 1.92. The average molecular weight is 277 g/mol. The zero-order valence-corrected chi connectivity index (χ0v) is 11.4. The van der Waals surface area contributed by atoms with Crippen molar-refractivity contribution < 1.29 is 14.7 Å². The summed E-state index contributed by atoms with van der Waals surface area (Å²) in [4.78, 5) is 25.0. The molecule has 0 spiro atoms. The van der Waals surface area contributed by atoms with E-state index < -0.39 is 10.7 Å². The van der Waals surface area contributed by atoms with Gasteiger partial charge in [-0.25, -0.2) is 0 Å². The van der Waals surface area contributed by atoms with Crippen molar-refractivity contribution in [3.8, 4) is 0 Å². The van der Waals surface area contributed by atoms with Crippen LogP contribution in [-0.2, 0) is 16.0 Å². The molecule has 2 aliphatic heterocycles.